The lowest BCUT2D eigenvalue weighted by atomic mass is 9.91. The molecule has 0 bridgehead atoms. The van der Waals surface area contributed by atoms with Gasteiger partial charge in [-0.3, -0.25) is 4.98 Å². The highest BCUT2D eigenvalue weighted by Crippen LogP contribution is 2.27. The number of aliphatic hydroxyl groups is 1. The van der Waals surface area contributed by atoms with Crippen LogP contribution < -0.4 is 0 Å². The summed E-state index contributed by atoms with van der Waals surface area (Å²) in [6, 6.07) is 1.85. The van der Waals surface area contributed by atoms with Gasteiger partial charge in [0.1, 0.15) is 0 Å². The van der Waals surface area contributed by atoms with Crippen molar-refractivity contribution in [2.45, 2.75) is 32.0 Å². The molecular formula is C12H16ClNO2. The maximum atomic E-state index is 10.1. The first-order valence-electron chi connectivity index (χ1n) is 5.56. The van der Waals surface area contributed by atoms with Crippen LogP contribution in [0.15, 0.2) is 18.5 Å². The smallest absolute Gasteiger partial charge is 0.0634 e. The fraction of sp³-hybridized carbons (Fsp3) is 0.583. The summed E-state index contributed by atoms with van der Waals surface area (Å²) in [5.74, 6) is 0.212. The van der Waals surface area contributed by atoms with E-state index in [1.54, 1.807) is 12.4 Å². The summed E-state index contributed by atoms with van der Waals surface area (Å²) in [5.41, 5.74) is 0.947. The van der Waals surface area contributed by atoms with Gasteiger partial charge in [-0.2, -0.15) is 0 Å². The van der Waals surface area contributed by atoms with Gasteiger partial charge in [0.2, 0.25) is 0 Å². The second kappa shape index (κ2) is 5.13. The average Bonchev–Trinajstić information content (AvgIpc) is 2.68. The van der Waals surface area contributed by atoms with Crippen LogP contribution in [0.4, 0.5) is 0 Å². The van der Waals surface area contributed by atoms with Gasteiger partial charge in [0.05, 0.1) is 17.2 Å². The minimum atomic E-state index is -0.391. The molecule has 0 amide bonds. The van der Waals surface area contributed by atoms with Crippen molar-refractivity contribution >= 4 is 11.6 Å². The van der Waals surface area contributed by atoms with Gasteiger partial charge in [-0.1, -0.05) is 11.6 Å². The summed E-state index contributed by atoms with van der Waals surface area (Å²) in [4.78, 5) is 3.93. The Morgan fingerprint density at radius 1 is 1.69 bits per heavy atom. The van der Waals surface area contributed by atoms with Gasteiger partial charge in [-0.25, -0.2) is 0 Å². The van der Waals surface area contributed by atoms with Crippen molar-refractivity contribution in [3.8, 4) is 0 Å². The van der Waals surface area contributed by atoms with Crippen LogP contribution in [-0.4, -0.2) is 28.9 Å². The van der Waals surface area contributed by atoms with Crippen LogP contribution in [-0.2, 0) is 11.2 Å². The van der Waals surface area contributed by atoms with E-state index in [1.807, 2.05) is 13.0 Å². The highest BCUT2D eigenvalue weighted by Gasteiger charge is 2.30. The Kier molecular flexibility index (Phi) is 3.79. The lowest BCUT2D eigenvalue weighted by Crippen LogP contribution is -2.28. The van der Waals surface area contributed by atoms with E-state index in [9.17, 15) is 5.11 Å². The molecule has 16 heavy (non-hydrogen) atoms. The second-order valence-electron chi connectivity index (χ2n) is 4.27. The quantitative estimate of drug-likeness (QED) is 0.881. The maximum Gasteiger partial charge on any atom is 0.0634 e. The zero-order valence-electron chi connectivity index (χ0n) is 9.27. The average molecular weight is 242 g/mol. The van der Waals surface area contributed by atoms with Crippen LogP contribution in [0, 0.1) is 5.92 Å². The Morgan fingerprint density at radius 3 is 3.12 bits per heavy atom. The van der Waals surface area contributed by atoms with Gasteiger partial charge in [-0.05, 0) is 25.0 Å². The molecule has 1 saturated heterocycles. The summed E-state index contributed by atoms with van der Waals surface area (Å²) in [6.07, 6.45) is 4.54. The molecule has 1 aliphatic rings. The molecule has 0 aliphatic carbocycles. The van der Waals surface area contributed by atoms with Gasteiger partial charge in [0.25, 0.3) is 0 Å². The molecule has 1 aliphatic heterocycles. The van der Waals surface area contributed by atoms with Crippen molar-refractivity contribution in [2.75, 3.05) is 6.61 Å². The van der Waals surface area contributed by atoms with E-state index in [0.717, 1.165) is 18.6 Å². The van der Waals surface area contributed by atoms with E-state index < -0.39 is 6.10 Å². The van der Waals surface area contributed by atoms with E-state index in [-0.39, 0.29) is 12.0 Å². The zero-order chi connectivity index (χ0) is 11.5. The lowest BCUT2D eigenvalue weighted by molar-refractivity contribution is 0.0441. The van der Waals surface area contributed by atoms with Crippen molar-refractivity contribution in [1.82, 2.24) is 4.98 Å². The van der Waals surface area contributed by atoms with Crippen molar-refractivity contribution in [3.05, 3.63) is 29.0 Å². The zero-order valence-corrected chi connectivity index (χ0v) is 10.0. The largest absolute Gasteiger partial charge is 0.392 e. The van der Waals surface area contributed by atoms with Crippen LogP contribution in [0.1, 0.15) is 18.9 Å². The Labute approximate surface area is 100 Å². The fourth-order valence-corrected chi connectivity index (χ4v) is 2.40. The topological polar surface area (TPSA) is 42.4 Å². The normalized spacial score (nSPS) is 26.9. The SMILES string of the molecule is CC1OCCC1C(O)Cc1ccncc1Cl. The first kappa shape index (κ1) is 11.8. The van der Waals surface area contributed by atoms with Crippen molar-refractivity contribution in [3.63, 3.8) is 0 Å². The molecule has 0 saturated carbocycles. The molecule has 0 radical (unpaired) electrons. The molecule has 2 heterocycles. The molecule has 2 rings (SSSR count). The van der Waals surface area contributed by atoms with Gasteiger partial charge in [0.15, 0.2) is 0 Å². The van der Waals surface area contributed by atoms with Crippen LogP contribution in [0.25, 0.3) is 0 Å². The van der Waals surface area contributed by atoms with Gasteiger partial charge in [-0.15, -0.1) is 0 Å². The number of hydrogen-bond acceptors (Lipinski definition) is 3. The molecule has 3 unspecified atom stereocenters. The number of aliphatic hydroxyl groups excluding tert-OH is 1. The molecule has 1 aromatic rings. The Balaban J connectivity index is 2.02. The minimum Gasteiger partial charge on any atom is -0.392 e. The predicted molar refractivity (Wildman–Crippen MR) is 62.5 cm³/mol. The molecule has 1 fully saturated rings. The third-order valence-corrected chi connectivity index (χ3v) is 3.55. The van der Waals surface area contributed by atoms with E-state index in [2.05, 4.69) is 4.98 Å². The number of hydrogen-bond donors (Lipinski definition) is 1. The maximum absolute atomic E-state index is 10.1. The van der Waals surface area contributed by atoms with Gasteiger partial charge >= 0.3 is 0 Å². The molecule has 1 aromatic heterocycles. The van der Waals surface area contributed by atoms with E-state index in [4.69, 9.17) is 16.3 Å². The van der Waals surface area contributed by atoms with Crippen molar-refractivity contribution in [1.29, 1.82) is 0 Å². The highest BCUT2D eigenvalue weighted by atomic mass is 35.5. The minimum absolute atomic E-state index is 0.135. The van der Waals surface area contributed by atoms with Crippen LogP contribution in [0.3, 0.4) is 0 Å². The number of pyridine rings is 1. The third kappa shape index (κ3) is 2.54. The molecule has 3 atom stereocenters. The number of rotatable bonds is 3. The predicted octanol–water partition coefficient (Wildman–Crippen LogP) is 2.06. The molecule has 1 N–H and O–H groups in total. The van der Waals surface area contributed by atoms with Crippen LogP contribution >= 0.6 is 11.6 Å². The van der Waals surface area contributed by atoms with Crippen LogP contribution in [0.5, 0.6) is 0 Å². The van der Waals surface area contributed by atoms with Crippen molar-refractivity contribution < 1.29 is 9.84 Å². The number of halogens is 1. The summed E-state index contributed by atoms with van der Waals surface area (Å²) in [5, 5.41) is 10.8. The third-order valence-electron chi connectivity index (χ3n) is 3.21. The lowest BCUT2D eigenvalue weighted by Gasteiger charge is -2.21. The van der Waals surface area contributed by atoms with Crippen molar-refractivity contribution in [2.24, 2.45) is 5.92 Å². The molecular weight excluding hydrogens is 226 g/mol. The first-order valence-corrected chi connectivity index (χ1v) is 5.94. The number of ether oxygens (including phenoxy) is 1. The Morgan fingerprint density at radius 2 is 2.50 bits per heavy atom. The summed E-state index contributed by atoms with van der Waals surface area (Å²) in [7, 11) is 0. The van der Waals surface area contributed by atoms with E-state index in [0.29, 0.717) is 11.4 Å². The van der Waals surface area contributed by atoms with E-state index >= 15 is 0 Å². The highest BCUT2D eigenvalue weighted by molar-refractivity contribution is 6.31. The molecule has 3 nitrogen and oxygen atoms in total. The van der Waals surface area contributed by atoms with Crippen LogP contribution in [0.2, 0.25) is 5.02 Å². The Hall–Kier alpha value is -0.640. The number of aromatic nitrogens is 1. The molecule has 88 valence electrons. The van der Waals surface area contributed by atoms with E-state index in [1.165, 1.54) is 0 Å². The van der Waals surface area contributed by atoms with Gasteiger partial charge in [0, 0.05) is 31.3 Å². The summed E-state index contributed by atoms with van der Waals surface area (Å²) in [6.45, 7) is 2.75. The monoisotopic (exact) mass is 241 g/mol. The summed E-state index contributed by atoms with van der Waals surface area (Å²) >= 11 is 6.01. The second-order valence-corrected chi connectivity index (χ2v) is 4.67. The summed E-state index contributed by atoms with van der Waals surface area (Å²) < 4.78 is 5.45. The van der Waals surface area contributed by atoms with Gasteiger partial charge < -0.3 is 9.84 Å². The molecule has 0 aromatic carbocycles. The fourth-order valence-electron chi connectivity index (χ4n) is 2.20. The molecule has 0 spiro atoms. The number of nitrogens with zero attached hydrogens (tertiary/aromatic N) is 1. The Bertz CT molecular complexity index is 359. The molecule has 4 heteroatoms. The first-order chi connectivity index (χ1) is 7.68. The standard InChI is InChI=1S/C12H16ClNO2/c1-8-10(3-5-16-8)12(15)6-9-2-4-14-7-11(9)13/h2,4,7-8,10,12,15H,3,5-6H2,1H3.